The van der Waals surface area contributed by atoms with Crippen LogP contribution < -0.4 is 5.73 Å². The number of nitrogen functional groups attached to an aromatic ring is 1. The molecule has 0 saturated heterocycles. The summed E-state index contributed by atoms with van der Waals surface area (Å²) in [6.45, 7) is 2.04. The molecule has 3 heteroatoms. The van der Waals surface area contributed by atoms with E-state index in [1.807, 2.05) is 37.3 Å². The van der Waals surface area contributed by atoms with E-state index >= 15 is 0 Å². The third-order valence-corrected chi connectivity index (χ3v) is 2.43. The van der Waals surface area contributed by atoms with Gasteiger partial charge in [-0.2, -0.15) is 0 Å². The second-order valence-electron chi connectivity index (χ2n) is 3.42. The lowest BCUT2D eigenvalue weighted by atomic mass is 10.1. The highest BCUT2D eigenvalue weighted by atomic mass is 35.5. The molecule has 0 amide bonds. The third kappa shape index (κ3) is 2.10. The molecule has 1 aromatic heterocycles. The number of aryl methyl sites for hydroxylation is 1. The fourth-order valence-corrected chi connectivity index (χ4v) is 1.73. The molecule has 0 aliphatic rings. The van der Waals surface area contributed by atoms with Crippen LogP contribution in [0.5, 0.6) is 0 Å². The monoisotopic (exact) mass is 218 g/mol. The van der Waals surface area contributed by atoms with Gasteiger partial charge in [0.05, 0.1) is 5.69 Å². The number of nitrogens with two attached hydrogens (primary N) is 1. The van der Waals surface area contributed by atoms with Crippen molar-refractivity contribution in [1.82, 2.24) is 4.98 Å². The van der Waals surface area contributed by atoms with Crippen molar-refractivity contribution in [3.63, 3.8) is 0 Å². The molecule has 2 nitrogen and oxygen atoms in total. The Balaban J connectivity index is 2.59. The topological polar surface area (TPSA) is 38.9 Å². The second-order valence-corrected chi connectivity index (χ2v) is 3.81. The quantitative estimate of drug-likeness (QED) is 0.746. The van der Waals surface area contributed by atoms with Crippen LogP contribution in [0.1, 0.15) is 5.56 Å². The molecule has 0 radical (unpaired) electrons. The van der Waals surface area contributed by atoms with Crippen molar-refractivity contribution in [2.45, 2.75) is 6.92 Å². The van der Waals surface area contributed by atoms with Gasteiger partial charge in [-0.05, 0) is 24.6 Å². The van der Waals surface area contributed by atoms with Gasteiger partial charge in [0.15, 0.2) is 0 Å². The molecule has 0 saturated carbocycles. The molecule has 2 rings (SSSR count). The number of nitrogens with zero attached hydrogens (tertiary/aromatic N) is 1. The van der Waals surface area contributed by atoms with Gasteiger partial charge in [0.25, 0.3) is 0 Å². The third-order valence-electron chi connectivity index (χ3n) is 2.24. The van der Waals surface area contributed by atoms with Crippen molar-refractivity contribution in [2.75, 3.05) is 5.73 Å². The minimum atomic E-state index is 0.424. The Bertz CT molecular complexity index is 474. The number of pyridine rings is 1. The lowest BCUT2D eigenvalue weighted by Gasteiger charge is -2.06. The molecule has 2 aromatic rings. The summed E-state index contributed by atoms with van der Waals surface area (Å²) in [7, 11) is 0. The first-order valence-corrected chi connectivity index (χ1v) is 5.03. The predicted octanol–water partition coefficient (Wildman–Crippen LogP) is 3.29. The smallest absolute Gasteiger partial charge is 0.131 e. The summed E-state index contributed by atoms with van der Waals surface area (Å²) < 4.78 is 0. The molecular weight excluding hydrogens is 208 g/mol. The lowest BCUT2D eigenvalue weighted by molar-refractivity contribution is 1.31. The summed E-state index contributed by atoms with van der Waals surface area (Å²) in [5, 5.41) is 0.424. The van der Waals surface area contributed by atoms with Crippen molar-refractivity contribution in [1.29, 1.82) is 0 Å². The summed E-state index contributed by atoms with van der Waals surface area (Å²) in [6, 6.07) is 11.5. The van der Waals surface area contributed by atoms with Crippen molar-refractivity contribution >= 4 is 17.3 Å². The Morgan fingerprint density at radius 1 is 1.20 bits per heavy atom. The molecule has 0 spiro atoms. The highest BCUT2D eigenvalue weighted by Gasteiger charge is 2.04. The molecular formula is C12H11ClN2. The zero-order valence-electron chi connectivity index (χ0n) is 8.37. The lowest BCUT2D eigenvalue weighted by Crippen LogP contribution is -1.91. The fraction of sp³-hybridized carbons (Fsp3) is 0.0833. The summed E-state index contributed by atoms with van der Waals surface area (Å²) in [6.07, 6.45) is 0. The normalized spacial score (nSPS) is 10.3. The Hall–Kier alpha value is -1.54. The van der Waals surface area contributed by atoms with Crippen molar-refractivity contribution in [2.24, 2.45) is 0 Å². The van der Waals surface area contributed by atoms with Gasteiger partial charge in [-0.1, -0.05) is 35.9 Å². The Morgan fingerprint density at radius 3 is 2.60 bits per heavy atom. The molecule has 0 bridgehead atoms. The van der Waals surface area contributed by atoms with E-state index in [2.05, 4.69) is 4.98 Å². The highest BCUT2D eigenvalue weighted by molar-refractivity contribution is 6.29. The number of hydrogen-bond acceptors (Lipinski definition) is 2. The molecule has 1 aromatic carbocycles. The van der Waals surface area contributed by atoms with E-state index in [-0.39, 0.29) is 0 Å². The summed E-state index contributed by atoms with van der Waals surface area (Å²) in [4.78, 5) is 4.25. The maximum absolute atomic E-state index is 5.86. The molecule has 2 N–H and O–H groups in total. The van der Waals surface area contributed by atoms with Crippen molar-refractivity contribution in [3.8, 4) is 11.3 Å². The van der Waals surface area contributed by atoms with Gasteiger partial charge in [0, 0.05) is 11.3 Å². The average molecular weight is 219 g/mol. The van der Waals surface area contributed by atoms with Gasteiger partial charge in [-0.25, -0.2) is 4.98 Å². The van der Waals surface area contributed by atoms with Crippen LogP contribution in [0, 0.1) is 6.92 Å². The number of anilines is 1. The van der Waals surface area contributed by atoms with E-state index < -0.39 is 0 Å². The molecule has 0 fully saturated rings. The van der Waals surface area contributed by atoms with E-state index in [0.29, 0.717) is 10.8 Å². The van der Waals surface area contributed by atoms with E-state index in [1.165, 1.54) is 0 Å². The molecule has 0 aliphatic heterocycles. The number of hydrogen-bond donors (Lipinski definition) is 1. The minimum absolute atomic E-state index is 0.424. The van der Waals surface area contributed by atoms with Gasteiger partial charge < -0.3 is 5.73 Å². The van der Waals surface area contributed by atoms with Gasteiger partial charge >= 0.3 is 0 Å². The molecule has 0 atom stereocenters. The average Bonchev–Trinajstić information content (AvgIpc) is 2.16. The predicted molar refractivity (Wildman–Crippen MR) is 63.8 cm³/mol. The zero-order chi connectivity index (χ0) is 10.8. The molecule has 15 heavy (non-hydrogen) atoms. The number of benzene rings is 1. The molecule has 0 unspecified atom stereocenters. The van der Waals surface area contributed by atoms with E-state index in [9.17, 15) is 0 Å². The van der Waals surface area contributed by atoms with Crippen LogP contribution in [0.3, 0.4) is 0 Å². The number of aromatic nitrogens is 1. The first kappa shape index (κ1) is 9.99. The van der Waals surface area contributed by atoms with Gasteiger partial charge in [0.2, 0.25) is 0 Å². The summed E-state index contributed by atoms with van der Waals surface area (Å²) in [5.41, 5.74) is 9.39. The van der Waals surface area contributed by atoms with E-state index in [1.54, 1.807) is 6.07 Å². The Labute approximate surface area is 93.7 Å². The van der Waals surface area contributed by atoms with Gasteiger partial charge in [0.1, 0.15) is 5.15 Å². The first-order chi connectivity index (χ1) is 7.16. The van der Waals surface area contributed by atoms with E-state index in [4.69, 9.17) is 17.3 Å². The minimum Gasteiger partial charge on any atom is -0.399 e. The fourth-order valence-electron chi connectivity index (χ4n) is 1.51. The standard InChI is InChI=1S/C12H11ClN2/c1-8-4-2-3-5-10(8)11-6-9(14)7-12(13)15-11/h2-7H,1H3,(H2,14,15). The van der Waals surface area contributed by atoms with Gasteiger partial charge in [-0.3, -0.25) is 0 Å². The van der Waals surface area contributed by atoms with Crippen LogP contribution in [0.2, 0.25) is 5.15 Å². The zero-order valence-corrected chi connectivity index (χ0v) is 9.12. The Kier molecular flexibility index (Phi) is 2.60. The first-order valence-electron chi connectivity index (χ1n) is 4.66. The summed E-state index contributed by atoms with van der Waals surface area (Å²) >= 11 is 5.86. The SMILES string of the molecule is Cc1ccccc1-c1cc(N)cc(Cl)n1. The van der Waals surface area contributed by atoms with Crippen LogP contribution in [0.15, 0.2) is 36.4 Å². The van der Waals surface area contributed by atoms with E-state index in [0.717, 1.165) is 16.8 Å². The summed E-state index contributed by atoms with van der Waals surface area (Å²) in [5.74, 6) is 0. The van der Waals surface area contributed by atoms with Gasteiger partial charge in [-0.15, -0.1) is 0 Å². The molecule has 76 valence electrons. The molecule has 0 aliphatic carbocycles. The van der Waals surface area contributed by atoms with Crippen LogP contribution in [-0.2, 0) is 0 Å². The highest BCUT2D eigenvalue weighted by Crippen LogP contribution is 2.24. The van der Waals surface area contributed by atoms with Crippen LogP contribution in [0.25, 0.3) is 11.3 Å². The van der Waals surface area contributed by atoms with Crippen LogP contribution in [0.4, 0.5) is 5.69 Å². The number of rotatable bonds is 1. The second kappa shape index (κ2) is 3.91. The maximum Gasteiger partial charge on any atom is 0.131 e. The number of halogens is 1. The largest absolute Gasteiger partial charge is 0.399 e. The van der Waals surface area contributed by atoms with Crippen LogP contribution in [-0.4, -0.2) is 4.98 Å². The molecule has 1 heterocycles. The van der Waals surface area contributed by atoms with Crippen LogP contribution >= 0.6 is 11.6 Å². The maximum atomic E-state index is 5.86. The van der Waals surface area contributed by atoms with Crippen molar-refractivity contribution in [3.05, 3.63) is 47.1 Å². The Morgan fingerprint density at radius 2 is 1.93 bits per heavy atom. The van der Waals surface area contributed by atoms with Crippen molar-refractivity contribution < 1.29 is 0 Å².